The second kappa shape index (κ2) is 12.4. The number of rotatable bonds is 10. The van der Waals surface area contributed by atoms with E-state index in [9.17, 15) is 14.4 Å². The Labute approximate surface area is 265 Å². The number of hydrogen-bond donors (Lipinski definition) is 1. The maximum absolute atomic E-state index is 14.3. The first kappa shape index (κ1) is 29.0. The van der Waals surface area contributed by atoms with Gasteiger partial charge in [-0.3, -0.25) is 0 Å². The summed E-state index contributed by atoms with van der Waals surface area (Å²) in [6.07, 6.45) is 3.81. The molecule has 7 nitrogen and oxygen atoms in total. The Morgan fingerprint density at radius 2 is 1.24 bits per heavy atom. The van der Waals surface area contributed by atoms with E-state index in [2.05, 4.69) is 5.32 Å². The normalized spacial score (nSPS) is 16.8. The number of fused-ring (bicyclic) bond motifs is 1. The fraction of sp³-hybridized carbons (Fsp3) is 0.270. The Balaban J connectivity index is 1.36. The standard InChI is InChI=1S/C37H33NO6S/c1-42-35(39)27-14-8-13-26-28(21-45-34(26)27)29-30(36(40)43-19-22-9-4-2-5-10-22)32(24-15-16-24)38-33(25-17-18-25)31(29)37(41)44-20-23-11-6-3-7-12-23/h2-14,21,24-25,29,38H,15-20H2,1H3. The van der Waals surface area contributed by atoms with Crippen molar-refractivity contribution in [3.8, 4) is 0 Å². The van der Waals surface area contributed by atoms with Crippen LogP contribution in [0.1, 0.15) is 58.6 Å². The number of methoxy groups -OCH3 is 1. The molecule has 0 saturated heterocycles. The van der Waals surface area contributed by atoms with Crippen molar-refractivity contribution in [2.75, 3.05) is 7.11 Å². The number of allylic oxidation sites excluding steroid dienone is 2. The smallest absolute Gasteiger partial charge is 0.339 e. The van der Waals surface area contributed by atoms with Crippen molar-refractivity contribution in [1.29, 1.82) is 0 Å². The number of hydrogen-bond acceptors (Lipinski definition) is 8. The van der Waals surface area contributed by atoms with E-state index in [1.165, 1.54) is 18.4 Å². The summed E-state index contributed by atoms with van der Waals surface area (Å²) in [5.74, 6) is -1.75. The van der Waals surface area contributed by atoms with Crippen LogP contribution in [0.4, 0.5) is 0 Å². The minimum atomic E-state index is -0.731. The number of carbonyl (C=O) groups is 3. The van der Waals surface area contributed by atoms with Crippen LogP contribution in [0.25, 0.3) is 10.1 Å². The van der Waals surface area contributed by atoms with Gasteiger partial charge in [-0.2, -0.15) is 0 Å². The molecule has 8 heteroatoms. The van der Waals surface area contributed by atoms with E-state index >= 15 is 0 Å². The van der Waals surface area contributed by atoms with Gasteiger partial charge in [0.15, 0.2) is 0 Å². The van der Waals surface area contributed by atoms with Crippen LogP contribution in [0.15, 0.2) is 107 Å². The first-order chi connectivity index (χ1) is 22.0. The van der Waals surface area contributed by atoms with Crippen LogP contribution >= 0.6 is 11.3 Å². The third-order valence-corrected chi connectivity index (χ3v) is 9.66. The first-order valence-electron chi connectivity index (χ1n) is 15.3. The lowest BCUT2D eigenvalue weighted by Crippen LogP contribution is -2.35. The van der Waals surface area contributed by atoms with Crippen molar-refractivity contribution < 1.29 is 28.6 Å². The Morgan fingerprint density at radius 3 is 1.73 bits per heavy atom. The summed E-state index contributed by atoms with van der Waals surface area (Å²) in [6.45, 7) is 0.218. The van der Waals surface area contributed by atoms with Gasteiger partial charge in [-0.25, -0.2) is 14.4 Å². The molecule has 7 rings (SSSR count). The van der Waals surface area contributed by atoms with Crippen molar-refractivity contribution in [3.05, 3.63) is 129 Å². The van der Waals surface area contributed by atoms with Gasteiger partial charge < -0.3 is 19.5 Å². The summed E-state index contributed by atoms with van der Waals surface area (Å²) in [6, 6.07) is 24.6. The molecule has 3 aliphatic rings. The van der Waals surface area contributed by atoms with Crippen LogP contribution in [-0.2, 0) is 37.0 Å². The summed E-state index contributed by atoms with van der Waals surface area (Å²) >= 11 is 1.41. The quantitative estimate of drug-likeness (QED) is 0.148. The average Bonchev–Trinajstić information content (AvgIpc) is 4.03. The molecule has 0 atom stereocenters. The Hall–Kier alpha value is -4.69. The minimum absolute atomic E-state index is 0.109. The first-order valence-corrected chi connectivity index (χ1v) is 16.2. The second-order valence-electron chi connectivity index (χ2n) is 11.7. The van der Waals surface area contributed by atoms with Crippen molar-refractivity contribution in [1.82, 2.24) is 5.32 Å². The zero-order valence-corrected chi connectivity index (χ0v) is 25.7. The molecule has 1 N–H and O–H groups in total. The van der Waals surface area contributed by atoms with Gasteiger partial charge in [0.1, 0.15) is 13.2 Å². The van der Waals surface area contributed by atoms with E-state index in [0.717, 1.165) is 63.9 Å². The summed E-state index contributed by atoms with van der Waals surface area (Å²) < 4.78 is 17.8. The predicted octanol–water partition coefficient (Wildman–Crippen LogP) is 7.19. The highest BCUT2D eigenvalue weighted by atomic mass is 32.1. The van der Waals surface area contributed by atoms with Crippen LogP contribution in [0, 0.1) is 11.8 Å². The maximum Gasteiger partial charge on any atom is 0.339 e. The van der Waals surface area contributed by atoms with Gasteiger partial charge in [-0.1, -0.05) is 72.8 Å². The Morgan fingerprint density at radius 1 is 0.711 bits per heavy atom. The topological polar surface area (TPSA) is 90.9 Å². The third kappa shape index (κ3) is 5.90. The summed E-state index contributed by atoms with van der Waals surface area (Å²) in [5, 5.41) is 6.35. The molecule has 2 fully saturated rings. The van der Waals surface area contributed by atoms with Gasteiger partial charge in [0, 0.05) is 16.1 Å². The second-order valence-corrected chi connectivity index (χ2v) is 12.6. The molecule has 3 aromatic carbocycles. The molecule has 0 bridgehead atoms. The minimum Gasteiger partial charge on any atom is -0.465 e. The van der Waals surface area contributed by atoms with Gasteiger partial charge in [0.2, 0.25) is 0 Å². The molecule has 2 heterocycles. The molecular formula is C37H33NO6S. The molecule has 4 aromatic rings. The van der Waals surface area contributed by atoms with Gasteiger partial charge in [0.25, 0.3) is 0 Å². The van der Waals surface area contributed by atoms with Gasteiger partial charge in [0.05, 0.1) is 29.7 Å². The lowest BCUT2D eigenvalue weighted by atomic mass is 9.78. The molecule has 2 aliphatic carbocycles. The van der Waals surface area contributed by atoms with Gasteiger partial charge in [-0.05, 0) is 71.0 Å². The van der Waals surface area contributed by atoms with Crippen LogP contribution in [-0.4, -0.2) is 25.0 Å². The molecule has 45 heavy (non-hydrogen) atoms. The fourth-order valence-electron chi connectivity index (χ4n) is 6.06. The molecule has 0 amide bonds. The largest absolute Gasteiger partial charge is 0.465 e. The van der Waals surface area contributed by atoms with Gasteiger partial charge in [-0.15, -0.1) is 11.3 Å². The Bertz CT molecular complexity index is 1740. The highest BCUT2D eigenvalue weighted by Crippen LogP contribution is 2.52. The summed E-state index contributed by atoms with van der Waals surface area (Å²) in [7, 11) is 1.36. The van der Waals surface area contributed by atoms with E-state index in [4.69, 9.17) is 14.2 Å². The monoisotopic (exact) mass is 619 g/mol. The maximum atomic E-state index is 14.3. The van der Waals surface area contributed by atoms with Crippen molar-refractivity contribution in [2.24, 2.45) is 11.8 Å². The van der Waals surface area contributed by atoms with Crippen LogP contribution < -0.4 is 5.32 Å². The zero-order chi connectivity index (χ0) is 30.9. The van der Waals surface area contributed by atoms with Crippen molar-refractivity contribution in [3.63, 3.8) is 0 Å². The molecule has 1 aliphatic heterocycles. The highest BCUT2D eigenvalue weighted by molar-refractivity contribution is 7.17. The van der Waals surface area contributed by atoms with E-state index in [0.29, 0.717) is 16.7 Å². The van der Waals surface area contributed by atoms with Crippen LogP contribution in [0.3, 0.4) is 0 Å². The Kier molecular flexibility index (Phi) is 7.98. The number of carbonyl (C=O) groups excluding carboxylic acids is 3. The molecule has 228 valence electrons. The number of nitrogens with one attached hydrogen (secondary N) is 1. The van der Waals surface area contributed by atoms with E-state index in [1.54, 1.807) is 6.07 Å². The number of thiophene rings is 1. The average molecular weight is 620 g/mol. The van der Waals surface area contributed by atoms with E-state index < -0.39 is 23.8 Å². The van der Waals surface area contributed by atoms with Crippen LogP contribution in [0.2, 0.25) is 0 Å². The van der Waals surface area contributed by atoms with Crippen molar-refractivity contribution in [2.45, 2.75) is 44.8 Å². The summed E-state index contributed by atoms with van der Waals surface area (Å²) in [5.41, 5.74) is 5.52. The number of esters is 3. The van der Waals surface area contributed by atoms with Gasteiger partial charge >= 0.3 is 17.9 Å². The fourth-order valence-corrected chi connectivity index (χ4v) is 7.16. The molecular weight excluding hydrogens is 586 g/mol. The molecule has 0 radical (unpaired) electrons. The summed E-state index contributed by atoms with van der Waals surface area (Å²) in [4.78, 5) is 41.2. The number of ether oxygens (including phenoxy) is 3. The lowest BCUT2D eigenvalue weighted by Gasteiger charge is -2.33. The van der Waals surface area contributed by atoms with Crippen LogP contribution in [0.5, 0.6) is 0 Å². The SMILES string of the molecule is COC(=O)c1cccc2c(C3C(C(=O)OCc4ccccc4)=C(C4CC4)NC(C4CC4)=C3C(=O)OCc3ccccc3)csc12. The third-order valence-electron chi connectivity index (χ3n) is 8.61. The molecule has 0 spiro atoms. The zero-order valence-electron chi connectivity index (χ0n) is 24.9. The molecule has 0 unspecified atom stereocenters. The molecule has 2 saturated carbocycles. The predicted molar refractivity (Wildman–Crippen MR) is 171 cm³/mol. The highest BCUT2D eigenvalue weighted by Gasteiger charge is 2.47. The molecule has 1 aromatic heterocycles. The number of benzene rings is 3. The lowest BCUT2D eigenvalue weighted by molar-refractivity contribution is -0.141. The van der Waals surface area contributed by atoms with Crippen molar-refractivity contribution >= 4 is 39.3 Å². The van der Waals surface area contributed by atoms with E-state index in [-0.39, 0.29) is 25.0 Å². The number of dihydropyridines is 1. The van der Waals surface area contributed by atoms with E-state index in [1.807, 2.05) is 78.2 Å².